The van der Waals surface area contributed by atoms with Crippen LogP contribution in [0.4, 0.5) is 5.82 Å². The molecular weight excluding hydrogens is 264 g/mol. The molecular formula is C16H18N4O. The van der Waals surface area contributed by atoms with Gasteiger partial charge in [-0.15, -0.1) is 0 Å². The van der Waals surface area contributed by atoms with Gasteiger partial charge in [-0.2, -0.15) is 5.10 Å². The summed E-state index contributed by atoms with van der Waals surface area (Å²) in [6.45, 7) is 0.468. The number of hydrogen-bond donors (Lipinski definition) is 1. The number of methoxy groups -OCH3 is 1. The van der Waals surface area contributed by atoms with Gasteiger partial charge in [0, 0.05) is 19.2 Å². The molecule has 0 radical (unpaired) electrons. The topological polar surface area (TPSA) is 63.7 Å². The van der Waals surface area contributed by atoms with Gasteiger partial charge in [0.15, 0.2) is 0 Å². The molecule has 108 valence electrons. The van der Waals surface area contributed by atoms with Crippen LogP contribution in [0.3, 0.4) is 0 Å². The first kappa shape index (κ1) is 13.6. The van der Waals surface area contributed by atoms with E-state index in [-0.39, 0.29) is 6.04 Å². The summed E-state index contributed by atoms with van der Waals surface area (Å²) >= 11 is 0. The van der Waals surface area contributed by atoms with Crippen molar-refractivity contribution in [3.63, 3.8) is 0 Å². The van der Waals surface area contributed by atoms with Gasteiger partial charge in [0.1, 0.15) is 11.6 Å². The Balaban J connectivity index is 1.92. The summed E-state index contributed by atoms with van der Waals surface area (Å²) < 4.78 is 5.21. The highest BCUT2D eigenvalue weighted by atomic mass is 16.5. The molecule has 1 aliphatic rings. The van der Waals surface area contributed by atoms with E-state index in [4.69, 9.17) is 10.5 Å². The summed E-state index contributed by atoms with van der Waals surface area (Å²) in [6.07, 6.45) is 2.59. The van der Waals surface area contributed by atoms with Crippen molar-refractivity contribution in [2.24, 2.45) is 10.8 Å². The number of nitrogens with zero attached hydrogens (tertiary/aromatic N) is 3. The van der Waals surface area contributed by atoms with E-state index in [0.717, 1.165) is 23.7 Å². The van der Waals surface area contributed by atoms with Crippen molar-refractivity contribution in [3.8, 4) is 5.75 Å². The number of hydrogen-bond acceptors (Lipinski definition) is 5. The Morgan fingerprint density at radius 1 is 1.24 bits per heavy atom. The predicted molar refractivity (Wildman–Crippen MR) is 83.6 cm³/mol. The van der Waals surface area contributed by atoms with E-state index in [1.165, 1.54) is 5.56 Å². The van der Waals surface area contributed by atoms with Gasteiger partial charge >= 0.3 is 0 Å². The summed E-state index contributed by atoms with van der Waals surface area (Å²) in [5.41, 5.74) is 7.92. The number of benzene rings is 1. The third-order valence-corrected chi connectivity index (χ3v) is 3.59. The minimum Gasteiger partial charge on any atom is -0.497 e. The van der Waals surface area contributed by atoms with Gasteiger partial charge in [0.05, 0.1) is 18.9 Å². The second kappa shape index (κ2) is 5.93. The molecule has 1 unspecified atom stereocenters. The molecule has 1 aromatic carbocycles. The monoisotopic (exact) mass is 282 g/mol. The molecule has 0 saturated carbocycles. The highest BCUT2D eigenvalue weighted by molar-refractivity contribution is 5.90. The summed E-state index contributed by atoms with van der Waals surface area (Å²) in [6, 6.07) is 14.0. The first-order chi connectivity index (χ1) is 10.3. The SMILES string of the molecule is COc1ccc(C2CC(CN)=NN2c2ccccn2)cc1. The number of ether oxygens (including phenoxy) is 1. The first-order valence-corrected chi connectivity index (χ1v) is 6.92. The Kier molecular flexibility index (Phi) is 3.83. The van der Waals surface area contributed by atoms with Crippen LogP contribution in [0.1, 0.15) is 18.0 Å². The van der Waals surface area contributed by atoms with Gasteiger partial charge in [-0.1, -0.05) is 18.2 Å². The Morgan fingerprint density at radius 3 is 2.67 bits per heavy atom. The maximum Gasteiger partial charge on any atom is 0.149 e. The molecule has 0 bridgehead atoms. The second-order valence-corrected chi connectivity index (χ2v) is 4.90. The molecule has 0 fully saturated rings. The zero-order valence-electron chi connectivity index (χ0n) is 11.9. The van der Waals surface area contributed by atoms with Crippen LogP contribution in [-0.4, -0.2) is 24.4 Å². The maximum absolute atomic E-state index is 5.76. The fourth-order valence-electron chi connectivity index (χ4n) is 2.48. The molecule has 2 heterocycles. The van der Waals surface area contributed by atoms with Crippen LogP contribution in [0.25, 0.3) is 0 Å². The van der Waals surface area contributed by atoms with Crippen molar-refractivity contribution in [1.29, 1.82) is 0 Å². The number of rotatable bonds is 4. The van der Waals surface area contributed by atoms with Crippen LogP contribution >= 0.6 is 0 Å². The lowest BCUT2D eigenvalue weighted by Gasteiger charge is -2.23. The van der Waals surface area contributed by atoms with Gasteiger partial charge in [0.25, 0.3) is 0 Å². The lowest BCUT2D eigenvalue weighted by Crippen LogP contribution is -2.19. The number of anilines is 1. The van der Waals surface area contributed by atoms with Crippen LogP contribution in [-0.2, 0) is 0 Å². The maximum atomic E-state index is 5.76. The number of aromatic nitrogens is 1. The molecule has 0 aliphatic carbocycles. The third-order valence-electron chi connectivity index (χ3n) is 3.59. The zero-order valence-corrected chi connectivity index (χ0v) is 11.9. The standard InChI is InChI=1S/C16H18N4O/c1-21-14-7-5-12(6-8-14)15-10-13(11-17)19-20(15)16-4-2-3-9-18-16/h2-9,15H,10-11,17H2,1H3. The molecule has 2 N–H and O–H groups in total. The van der Waals surface area contributed by atoms with Crippen molar-refractivity contribution in [3.05, 3.63) is 54.2 Å². The van der Waals surface area contributed by atoms with Crippen molar-refractivity contribution in [2.45, 2.75) is 12.5 Å². The average molecular weight is 282 g/mol. The molecule has 1 aromatic heterocycles. The van der Waals surface area contributed by atoms with E-state index >= 15 is 0 Å². The first-order valence-electron chi connectivity index (χ1n) is 6.92. The summed E-state index contributed by atoms with van der Waals surface area (Å²) in [5, 5.41) is 6.56. The lowest BCUT2D eigenvalue weighted by atomic mass is 10.0. The highest BCUT2D eigenvalue weighted by Crippen LogP contribution is 2.34. The molecule has 5 heteroatoms. The Bertz CT molecular complexity index is 624. The van der Waals surface area contributed by atoms with Gasteiger partial charge in [-0.05, 0) is 29.8 Å². The van der Waals surface area contributed by atoms with E-state index in [2.05, 4.69) is 22.2 Å². The Morgan fingerprint density at radius 2 is 2.05 bits per heavy atom. The summed E-state index contributed by atoms with van der Waals surface area (Å²) in [5.74, 6) is 1.68. The minimum absolute atomic E-state index is 0.129. The predicted octanol–water partition coefficient (Wildman–Crippen LogP) is 2.36. The fourth-order valence-corrected chi connectivity index (χ4v) is 2.48. The van der Waals surface area contributed by atoms with Crippen LogP contribution in [0.15, 0.2) is 53.8 Å². The van der Waals surface area contributed by atoms with E-state index in [1.807, 2.05) is 35.3 Å². The van der Waals surface area contributed by atoms with Crippen molar-refractivity contribution in [2.75, 3.05) is 18.7 Å². The molecule has 3 rings (SSSR count). The third kappa shape index (κ3) is 2.73. The molecule has 1 aliphatic heterocycles. The molecule has 0 spiro atoms. The molecule has 5 nitrogen and oxygen atoms in total. The second-order valence-electron chi connectivity index (χ2n) is 4.90. The molecule has 0 saturated heterocycles. The largest absolute Gasteiger partial charge is 0.497 e. The lowest BCUT2D eigenvalue weighted by molar-refractivity contribution is 0.414. The van der Waals surface area contributed by atoms with Crippen molar-refractivity contribution >= 4 is 11.5 Å². The smallest absolute Gasteiger partial charge is 0.149 e. The van der Waals surface area contributed by atoms with Crippen molar-refractivity contribution in [1.82, 2.24) is 4.98 Å². The van der Waals surface area contributed by atoms with E-state index in [0.29, 0.717) is 6.54 Å². The highest BCUT2D eigenvalue weighted by Gasteiger charge is 2.29. The van der Waals surface area contributed by atoms with Crippen LogP contribution < -0.4 is 15.5 Å². The average Bonchev–Trinajstić information content (AvgIpc) is 3.00. The molecule has 2 aromatic rings. The quantitative estimate of drug-likeness (QED) is 0.935. The Hall–Kier alpha value is -2.40. The van der Waals surface area contributed by atoms with E-state index < -0.39 is 0 Å². The summed E-state index contributed by atoms with van der Waals surface area (Å²) in [7, 11) is 1.67. The molecule has 0 amide bonds. The minimum atomic E-state index is 0.129. The normalized spacial score (nSPS) is 17.7. The zero-order chi connectivity index (χ0) is 14.7. The van der Waals surface area contributed by atoms with Gasteiger partial charge in [0.2, 0.25) is 0 Å². The van der Waals surface area contributed by atoms with Crippen LogP contribution in [0, 0.1) is 0 Å². The van der Waals surface area contributed by atoms with Gasteiger partial charge < -0.3 is 10.5 Å². The van der Waals surface area contributed by atoms with Gasteiger partial charge in [-0.25, -0.2) is 9.99 Å². The van der Waals surface area contributed by atoms with Crippen LogP contribution in [0.2, 0.25) is 0 Å². The van der Waals surface area contributed by atoms with Crippen LogP contribution in [0.5, 0.6) is 5.75 Å². The number of pyridine rings is 1. The fraction of sp³-hybridized carbons (Fsp3) is 0.250. The summed E-state index contributed by atoms with van der Waals surface area (Å²) in [4.78, 5) is 4.39. The number of nitrogens with two attached hydrogens (primary N) is 1. The van der Waals surface area contributed by atoms with E-state index in [1.54, 1.807) is 13.3 Å². The molecule has 1 atom stereocenters. The van der Waals surface area contributed by atoms with E-state index in [9.17, 15) is 0 Å². The Labute approximate surface area is 124 Å². The van der Waals surface area contributed by atoms with Gasteiger partial charge in [-0.3, -0.25) is 0 Å². The molecule has 21 heavy (non-hydrogen) atoms. The van der Waals surface area contributed by atoms with Crippen molar-refractivity contribution < 1.29 is 4.74 Å². The number of hydrazone groups is 1.